The highest BCUT2D eigenvalue weighted by Crippen LogP contribution is 2.30. The van der Waals surface area contributed by atoms with Gasteiger partial charge in [0.15, 0.2) is 0 Å². The molecule has 0 spiro atoms. The minimum absolute atomic E-state index is 0.569. The van der Waals surface area contributed by atoms with Crippen LogP contribution in [0.2, 0.25) is 0 Å². The molecule has 112 valence electrons. The molecule has 0 saturated carbocycles. The molecule has 1 aromatic rings. The summed E-state index contributed by atoms with van der Waals surface area (Å²) < 4.78 is 0. The summed E-state index contributed by atoms with van der Waals surface area (Å²) in [5.41, 5.74) is 1.25. The Morgan fingerprint density at radius 1 is 1.35 bits per heavy atom. The quantitative estimate of drug-likeness (QED) is 0.861. The van der Waals surface area contributed by atoms with E-state index < -0.39 is 0 Å². The van der Waals surface area contributed by atoms with E-state index in [0.717, 1.165) is 37.7 Å². The lowest BCUT2D eigenvalue weighted by atomic mass is 10.1. The SMILES string of the molecule is CCNc1ncnc(N2CCCC2CN(C)C)c1CC. The summed E-state index contributed by atoms with van der Waals surface area (Å²) in [6, 6.07) is 0.569. The highest BCUT2D eigenvalue weighted by molar-refractivity contribution is 5.59. The molecule has 0 aliphatic carbocycles. The number of hydrogen-bond acceptors (Lipinski definition) is 5. The summed E-state index contributed by atoms with van der Waals surface area (Å²) in [5, 5.41) is 3.36. The van der Waals surface area contributed by atoms with Gasteiger partial charge in [0.2, 0.25) is 0 Å². The third kappa shape index (κ3) is 3.20. The van der Waals surface area contributed by atoms with Gasteiger partial charge in [0.05, 0.1) is 0 Å². The molecule has 5 heteroatoms. The average Bonchev–Trinajstić information content (AvgIpc) is 2.86. The van der Waals surface area contributed by atoms with Crippen molar-refractivity contribution in [1.29, 1.82) is 0 Å². The lowest BCUT2D eigenvalue weighted by molar-refractivity contribution is 0.371. The van der Waals surface area contributed by atoms with Crippen molar-refractivity contribution in [1.82, 2.24) is 14.9 Å². The van der Waals surface area contributed by atoms with Crippen LogP contribution in [0.25, 0.3) is 0 Å². The molecule has 0 radical (unpaired) electrons. The van der Waals surface area contributed by atoms with Gasteiger partial charge in [0.25, 0.3) is 0 Å². The summed E-state index contributed by atoms with van der Waals surface area (Å²) in [6.45, 7) is 7.37. The maximum absolute atomic E-state index is 4.59. The van der Waals surface area contributed by atoms with Crippen LogP contribution in [0.3, 0.4) is 0 Å². The molecule has 1 fully saturated rings. The first kappa shape index (κ1) is 15.0. The van der Waals surface area contributed by atoms with Crippen molar-refractivity contribution in [3.8, 4) is 0 Å². The Hall–Kier alpha value is -1.36. The summed E-state index contributed by atoms with van der Waals surface area (Å²) in [5.74, 6) is 2.12. The summed E-state index contributed by atoms with van der Waals surface area (Å²) in [7, 11) is 4.28. The van der Waals surface area contributed by atoms with Gasteiger partial charge < -0.3 is 15.1 Å². The van der Waals surface area contributed by atoms with Crippen molar-refractivity contribution in [2.24, 2.45) is 0 Å². The van der Waals surface area contributed by atoms with Gasteiger partial charge in [-0.05, 0) is 40.3 Å². The van der Waals surface area contributed by atoms with Crippen LogP contribution < -0.4 is 10.2 Å². The zero-order valence-corrected chi connectivity index (χ0v) is 13.2. The van der Waals surface area contributed by atoms with Crippen molar-refractivity contribution in [2.45, 2.75) is 39.2 Å². The average molecular weight is 277 g/mol. The Balaban J connectivity index is 2.28. The zero-order valence-electron chi connectivity index (χ0n) is 13.2. The number of nitrogens with one attached hydrogen (secondary N) is 1. The second kappa shape index (κ2) is 6.88. The van der Waals surface area contributed by atoms with Crippen molar-refractivity contribution in [3.63, 3.8) is 0 Å². The lowest BCUT2D eigenvalue weighted by Crippen LogP contribution is -2.38. The molecule has 1 N–H and O–H groups in total. The molecule has 1 aliphatic heterocycles. The first-order valence-corrected chi connectivity index (χ1v) is 7.66. The number of aromatic nitrogens is 2. The molecule has 0 amide bonds. The second-order valence-electron chi connectivity index (χ2n) is 5.66. The molecule has 0 bridgehead atoms. The van der Waals surface area contributed by atoms with Gasteiger partial charge in [-0.2, -0.15) is 0 Å². The van der Waals surface area contributed by atoms with Gasteiger partial charge in [0, 0.05) is 31.2 Å². The molecule has 5 nitrogen and oxygen atoms in total. The smallest absolute Gasteiger partial charge is 0.137 e. The summed E-state index contributed by atoms with van der Waals surface area (Å²) in [4.78, 5) is 13.7. The fraction of sp³-hybridized carbons (Fsp3) is 0.733. The molecule has 1 saturated heterocycles. The van der Waals surface area contributed by atoms with E-state index in [1.807, 2.05) is 0 Å². The first-order chi connectivity index (χ1) is 9.67. The third-order valence-corrected chi connectivity index (χ3v) is 3.85. The number of rotatable bonds is 6. The van der Waals surface area contributed by atoms with Crippen LogP contribution in [-0.4, -0.2) is 54.6 Å². The molecule has 1 atom stereocenters. The van der Waals surface area contributed by atoms with E-state index in [9.17, 15) is 0 Å². The molecule has 1 aromatic heterocycles. The molecule has 2 heterocycles. The molecule has 1 aliphatic rings. The fourth-order valence-corrected chi connectivity index (χ4v) is 3.02. The number of anilines is 2. The van der Waals surface area contributed by atoms with Crippen molar-refractivity contribution < 1.29 is 0 Å². The number of hydrogen-bond donors (Lipinski definition) is 1. The van der Waals surface area contributed by atoms with Gasteiger partial charge >= 0.3 is 0 Å². The Morgan fingerprint density at radius 2 is 2.15 bits per heavy atom. The molecule has 1 unspecified atom stereocenters. The molecule has 2 rings (SSSR count). The summed E-state index contributed by atoms with van der Waals surface area (Å²) >= 11 is 0. The van der Waals surface area contributed by atoms with Crippen molar-refractivity contribution in [3.05, 3.63) is 11.9 Å². The van der Waals surface area contributed by atoms with E-state index in [4.69, 9.17) is 0 Å². The topological polar surface area (TPSA) is 44.3 Å². The van der Waals surface area contributed by atoms with Gasteiger partial charge in [-0.3, -0.25) is 0 Å². The highest BCUT2D eigenvalue weighted by atomic mass is 15.3. The van der Waals surface area contributed by atoms with Crippen LogP contribution in [0.15, 0.2) is 6.33 Å². The molecule has 20 heavy (non-hydrogen) atoms. The van der Waals surface area contributed by atoms with Gasteiger partial charge in [-0.25, -0.2) is 9.97 Å². The Bertz CT molecular complexity index is 432. The van der Waals surface area contributed by atoms with Crippen LogP contribution in [0.5, 0.6) is 0 Å². The molecule has 0 aromatic carbocycles. The zero-order chi connectivity index (χ0) is 14.5. The largest absolute Gasteiger partial charge is 0.370 e. The van der Waals surface area contributed by atoms with E-state index >= 15 is 0 Å². The van der Waals surface area contributed by atoms with Crippen LogP contribution in [0, 0.1) is 0 Å². The van der Waals surface area contributed by atoms with E-state index in [1.165, 1.54) is 18.4 Å². The van der Waals surface area contributed by atoms with Gasteiger partial charge in [0.1, 0.15) is 18.0 Å². The predicted octanol–water partition coefficient (Wildman–Crippen LogP) is 2.00. The first-order valence-electron chi connectivity index (χ1n) is 7.66. The number of nitrogens with zero attached hydrogens (tertiary/aromatic N) is 4. The Labute approximate surface area is 122 Å². The highest BCUT2D eigenvalue weighted by Gasteiger charge is 2.28. The second-order valence-corrected chi connectivity index (χ2v) is 5.66. The summed E-state index contributed by atoms with van der Waals surface area (Å²) in [6.07, 6.45) is 5.16. The lowest BCUT2D eigenvalue weighted by Gasteiger charge is -2.30. The predicted molar refractivity (Wildman–Crippen MR) is 84.5 cm³/mol. The molecular formula is C15H27N5. The van der Waals surface area contributed by atoms with Crippen molar-refractivity contribution >= 4 is 11.6 Å². The normalized spacial score (nSPS) is 18.9. The van der Waals surface area contributed by atoms with E-state index in [0.29, 0.717) is 6.04 Å². The number of likely N-dealkylation sites (N-methyl/N-ethyl adjacent to an activating group) is 1. The maximum Gasteiger partial charge on any atom is 0.137 e. The van der Waals surface area contributed by atoms with E-state index in [1.54, 1.807) is 6.33 Å². The van der Waals surface area contributed by atoms with Crippen molar-refractivity contribution in [2.75, 3.05) is 43.9 Å². The molecular weight excluding hydrogens is 250 g/mol. The van der Waals surface area contributed by atoms with E-state index in [-0.39, 0.29) is 0 Å². The Morgan fingerprint density at radius 3 is 2.80 bits per heavy atom. The minimum Gasteiger partial charge on any atom is -0.370 e. The van der Waals surface area contributed by atoms with Gasteiger partial charge in [-0.15, -0.1) is 0 Å². The van der Waals surface area contributed by atoms with Gasteiger partial charge in [-0.1, -0.05) is 6.92 Å². The van der Waals surface area contributed by atoms with Crippen LogP contribution >= 0.6 is 0 Å². The monoisotopic (exact) mass is 277 g/mol. The van der Waals surface area contributed by atoms with Crippen LogP contribution in [-0.2, 0) is 6.42 Å². The van der Waals surface area contributed by atoms with Crippen LogP contribution in [0.4, 0.5) is 11.6 Å². The third-order valence-electron chi connectivity index (χ3n) is 3.85. The van der Waals surface area contributed by atoms with Crippen LogP contribution in [0.1, 0.15) is 32.3 Å². The fourth-order valence-electron chi connectivity index (χ4n) is 3.02. The van der Waals surface area contributed by atoms with E-state index in [2.05, 4.69) is 53.0 Å². The maximum atomic E-state index is 4.59. The Kier molecular flexibility index (Phi) is 5.17. The minimum atomic E-state index is 0.569. The standard InChI is InChI=1S/C15H27N5/c1-5-13-14(16-6-2)17-11-18-15(13)20-9-7-8-12(20)10-19(3)4/h11-12H,5-10H2,1-4H3,(H,16,17,18).